The number of hydrogen-bond acceptors (Lipinski definition) is 3. The van der Waals surface area contributed by atoms with Gasteiger partial charge in [-0.3, -0.25) is 0 Å². The molecule has 23 heteroatoms. The van der Waals surface area contributed by atoms with Crippen LogP contribution in [-0.4, -0.2) is 78.9 Å². The van der Waals surface area contributed by atoms with Crippen molar-refractivity contribution in [3.63, 3.8) is 0 Å². The molecule has 0 bridgehead atoms. The van der Waals surface area contributed by atoms with E-state index in [0.717, 1.165) is 50.7 Å². The molecule has 1 atom stereocenters. The summed E-state index contributed by atoms with van der Waals surface area (Å²) in [6, 6.07) is 3.94. The molecule has 1 aromatic rings. The van der Waals surface area contributed by atoms with E-state index in [4.69, 9.17) is 4.74 Å². The third kappa shape index (κ3) is 9.64. The van der Waals surface area contributed by atoms with E-state index >= 15 is 0 Å². The van der Waals surface area contributed by atoms with Gasteiger partial charge in [0.15, 0.2) is 5.67 Å². The second-order valence-corrected chi connectivity index (χ2v) is 13.6. The van der Waals surface area contributed by atoms with Crippen LogP contribution in [0.5, 0.6) is 5.75 Å². The minimum absolute atomic E-state index is 0.159. The Hall–Kier alpha value is -2.46. The minimum atomic E-state index is -7.97. The molecule has 1 unspecified atom stereocenters. The number of unbranched alkanes of at least 4 members (excludes halogenated alkanes) is 2. The van der Waals surface area contributed by atoms with Gasteiger partial charge in [-0.1, -0.05) is 44.7 Å². The molecule has 0 spiro atoms. The number of halogens is 20. The van der Waals surface area contributed by atoms with Gasteiger partial charge in [0.05, 0.1) is 13.2 Å². The highest BCUT2D eigenvalue weighted by molar-refractivity contribution is 5.30. The van der Waals surface area contributed by atoms with Crippen LogP contribution in [0.1, 0.15) is 83.6 Å². The molecular weight excluding hydrogens is 812 g/mol. The zero-order chi connectivity index (χ0) is 42.9. The standard InChI is InChI=1S/C32H36F20O3/c1-4-5-6-7-18-8-10-19(11-9-18)20-12-14-21(15-13-20)55-22(16-53-24(28(38,39)40,29(41,42)43)26(34,35)23(2,3)33)17-54-25(30(44,45)46,31(47,48)49)27(36,37)32(50,51)52/h12-15,18-19,22H,4-11,16-17H2,1-3H3. The Morgan fingerprint density at radius 2 is 0.945 bits per heavy atom. The Bertz CT molecular complexity index is 1250. The van der Waals surface area contributed by atoms with E-state index in [1.807, 2.05) is 6.92 Å². The van der Waals surface area contributed by atoms with Gasteiger partial charge in [-0.25, -0.2) is 4.39 Å². The number of hydrogen-bond donors (Lipinski definition) is 0. The van der Waals surface area contributed by atoms with Gasteiger partial charge >= 0.3 is 53.9 Å². The van der Waals surface area contributed by atoms with Crippen molar-refractivity contribution in [3.8, 4) is 5.75 Å². The van der Waals surface area contributed by atoms with Crippen LogP contribution >= 0.6 is 0 Å². The van der Waals surface area contributed by atoms with Crippen LogP contribution in [0, 0.1) is 5.92 Å². The molecule has 0 heterocycles. The zero-order valence-corrected chi connectivity index (χ0v) is 28.9. The summed E-state index contributed by atoms with van der Waals surface area (Å²) < 4.78 is 289. The summed E-state index contributed by atoms with van der Waals surface area (Å²) in [6.45, 7) is -4.94. The lowest BCUT2D eigenvalue weighted by molar-refractivity contribution is -0.475. The molecule has 1 fully saturated rings. The van der Waals surface area contributed by atoms with Crippen molar-refractivity contribution in [2.45, 2.75) is 144 Å². The normalized spacial score (nSPS) is 19.8. The highest BCUT2D eigenvalue weighted by Gasteiger charge is 2.91. The molecule has 2 rings (SSSR count). The molecule has 322 valence electrons. The molecule has 55 heavy (non-hydrogen) atoms. The first-order chi connectivity index (χ1) is 24.6. The number of benzene rings is 1. The molecule has 1 aliphatic rings. The summed E-state index contributed by atoms with van der Waals surface area (Å²) in [6.07, 6.45) is -34.9. The van der Waals surface area contributed by atoms with Gasteiger partial charge in [-0.05, 0) is 69.1 Å². The lowest BCUT2D eigenvalue weighted by Crippen LogP contribution is -2.74. The molecule has 0 aromatic heterocycles. The molecular formula is C32H36F20O3. The highest BCUT2D eigenvalue weighted by atomic mass is 19.4. The van der Waals surface area contributed by atoms with Crippen molar-refractivity contribution in [2.75, 3.05) is 13.2 Å². The topological polar surface area (TPSA) is 27.7 Å². The first-order valence-electron chi connectivity index (χ1n) is 16.4. The summed E-state index contributed by atoms with van der Waals surface area (Å²) in [5, 5.41) is 0. The second-order valence-electron chi connectivity index (χ2n) is 13.6. The summed E-state index contributed by atoms with van der Waals surface area (Å²) in [7, 11) is 0. The molecule has 1 saturated carbocycles. The van der Waals surface area contributed by atoms with Crippen LogP contribution in [0.2, 0.25) is 0 Å². The van der Waals surface area contributed by atoms with Crippen LogP contribution in [0.4, 0.5) is 87.8 Å². The molecule has 1 aromatic carbocycles. The first-order valence-corrected chi connectivity index (χ1v) is 16.4. The van der Waals surface area contributed by atoms with Gasteiger partial charge in [-0.15, -0.1) is 0 Å². The van der Waals surface area contributed by atoms with E-state index in [2.05, 4.69) is 9.47 Å². The Morgan fingerprint density at radius 1 is 0.545 bits per heavy atom. The fourth-order valence-electron chi connectivity index (χ4n) is 6.19. The van der Waals surface area contributed by atoms with Crippen LogP contribution in [-0.2, 0) is 9.47 Å². The number of ether oxygens (including phenoxy) is 3. The van der Waals surface area contributed by atoms with E-state index < -0.39 is 98.5 Å². The summed E-state index contributed by atoms with van der Waals surface area (Å²) in [5.74, 6) is -15.4. The molecule has 0 amide bonds. The summed E-state index contributed by atoms with van der Waals surface area (Å²) >= 11 is 0. The van der Waals surface area contributed by atoms with Crippen molar-refractivity contribution < 1.29 is 102 Å². The Kier molecular flexibility index (Phi) is 14.5. The predicted octanol–water partition coefficient (Wildman–Crippen LogP) is 12.6. The lowest BCUT2D eigenvalue weighted by atomic mass is 9.77. The monoisotopic (exact) mass is 848 g/mol. The van der Waals surface area contributed by atoms with Crippen molar-refractivity contribution in [3.05, 3.63) is 29.8 Å². The largest absolute Gasteiger partial charge is 0.486 e. The van der Waals surface area contributed by atoms with Gasteiger partial charge in [0, 0.05) is 0 Å². The van der Waals surface area contributed by atoms with Gasteiger partial charge in [-0.2, -0.15) is 83.4 Å². The third-order valence-corrected chi connectivity index (χ3v) is 9.27. The maximum absolute atomic E-state index is 14.9. The molecule has 1 aliphatic carbocycles. The number of rotatable bonds is 16. The van der Waals surface area contributed by atoms with Gasteiger partial charge in [0.2, 0.25) is 0 Å². The van der Waals surface area contributed by atoms with Crippen LogP contribution in [0.3, 0.4) is 0 Å². The van der Waals surface area contributed by atoms with E-state index in [1.54, 1.807) is 0 Å². The second kappa shape index (κ2) is 16.4. The SMILES string of the molecule is CCCCCC1CCC(c2ccc(OC(COC(C(F)(F)F)(C(F)(F)F)C(F)(F)C(C)(C)F)COC(C(F)(F)F)(C(F)(F)F)C(F)(F)C(F)(F)F)cc2)CC1. The molecule has 0 N–H and O–H groups in total. The zero-order valence-electron chi connectivity index (χ0n) is 28.9. The smallest absolute Gasteiger partial charge is 0.457 e. The van der Waals surface area contributed by atoms with E-state index in [9.17, 15) is 87.8 Å². The molecule has 0 saturated heterocycles. The summed E-state index contributed by atoms with van der Waals surface area (Å²) in [4.78, 5) is 0. The van der Waals surface area contributed by atoms with E-state index in [-0.39, 0.29) is 5.92 Å². The van der Waals surface area contributed by atoms with E-state index in [0.29, 0.717) is 24.3 Å². The Labute approximate surface area is 301 Å². The quantitative estimate of drug-likeness (QED) is 0.123. The fourth-order valence-corrected chi connectivity index (χ4v) is 6.19. The average molecular weight is 849 g/mol. The van der Waals surface area contributed by atoms with Crippen LogP contribution in [0.15, 0.2) is 24.3 Å². The Morgan fingerprint density at radius 3 is 1.29 bits per heavy atom. The van der Waals surface area contributed by atoms with Crippen LogP contribution < -0.4 is 4.74 Å². The molecule has 3 nitrogen and oxygen atoms in total. The van der Waals surface area contributed by atoms with Crippen molar-refractivity contribution in [1.82, 2.24) is 0 Å². The number of alkyl halides is 20. The fraction of sp³-hybridized carbons (Fsp3) is 0.812. The maximum atomic E-state index is 14.9. The molecule has 0 radical (unpaired) electrons. The van der Waals surface area contributed by atoms with Gasteiger partial charge < -0.3 is 14.2 Å². The minimum Gasteiger partial charge on any atom is -0.486 e. The third-order valence-electron chi connectivity index (χ3n) is 9.27. The van der Waals surface area contributed by atoms with Gasteiger partial charge in [0.25, 0.3) is 0 Å². The lowest BCUT2D eigenvalue weighted by Gasteiger charge is -2.46. The highest BCUT2D eigenvalue weighted by Crippen LogP contribution is 2.60. The van der Waals surface area contributed by atoms with Crippen molar-refractivity contribution in [1.29, 1.82) is 0 Å². The van der Waals surface area contributed by atoms with Crippen LogP contribution in [0.25, 0.3) is 0 Å². The predicted molar refractivity (Wildman–Crippen MR) is 152 cm³/mol. The average Bonchev–Trinajstić information content (AvgIpc) is 2.98. The van der Waals surface area contributed by atoms with Crippen molar-refractivity contribution >= 4 is 0 Å². The van der Waals surface area contributed by atoms with Crippen molar-refractivity contribution in [2.24, 2.45) is 5.92 Å². The maximum Gasteiger partial charge on any atom is 0.457 e. The Balaban J connectivity index is 2.65. The van der Waals surface area contributed by atoms with E-state index in [1.165, 1.54) is 12.1 Å². The first kappa shape index (κ1) is 48.7. The van der Waals surface area contributed by atoms with Gasteiger partial charge in [0.1, 0.15) is 11.9 Å². The molecule has 0 aliphatic heterocycles. The summed E-state index contributed by atoms with van der Waals surface area (Å²) in [5.41, 5.74) is -18.9.